The number of hydroxylamine groups is 2. The van der Waals surface area contributed by atoms with Gasteiger partial charge >= 0.3 is 0 Å². The van der Waals surface area contributed by atoms with E-state index in [-0.39, 0.29) is 5.91 Å². The van der Waals surface area contributed by atoms with Crippen molar-refractivity contribution < 1.29 is 9.63 Å². The number of carbonyl (C=O) groups is 1. The molecule has 1 aliphatic rings. The van der Waals surface area contributed by atoms with Crippen LogP contribution in [0.3, 0.4) is 0 Å². The van der Waals surface area contributed by atoms with Crippen LogP contribution in [0, 0.1) is 0 Å². The number of nitrogens with two attached hydrogens (primary N) is 1. The molecule has 0 aromatic heterocycles. The molecule has 1 aliphatic heterocycles. The smallest absolute Gasteiger partial charge is 0.267 e. The normalized spacial score (nSPS) is 17.8. The molecule has 4 heteroatoms. The fourth-order valence-corrected chi connectivity index (χ4v) is 1.58. The van der Waals surface area contributed by atoms with Crippen LogP contribution in [0.1, 0.15) is 18.0 Å². The van der Waals surface area contributed by atoms with Gasteiger partial charge in [0.05, 0.1) is 13.2 Å². The van der Waals surface area contributed by atoms with Gasteiger partial charge in [0.1, 0.15) is 6.04 Å². The van der Waals surface area contributed by atoms with Crippen LogP contribution < -0.4 is 5.73 Å². The maximum absolute atomic E-state index is 11.8. The summed E-state index contributed by atoms with van der Waals surface area (Å²) in [6, 6.07) is 8.70. The summed E-state index contributed by atoms with van der Waals surface area (Å²) < 4.78 is 0. The summed E-state index contributed by atoms with van der Waals surface area (Å²) in [5, 5.41) is 1.36. The summed E-state index contributed by atoms with van der Waals surface area (Å²) in [7, 11) is 0. The quantitative estimate of drug-likeness (QED) is 0.780. The Morgan fingerprint density at radius 3 is 2.73 bits per heavy atom. The monoisotopic (exact) mass is 206 g/mol. The van der Waals surface area contributed by atoms with E-state index in [1.165, 1.54) is 5.06 Å². The first-order chi connectivity index (χ1) is 7.29. The van der Waals surface area contributed by atoms with Crippen molar-refractivity contribution in [1.82, 2.24) is 5.06 Å². The summed E-state index contributed by atoms with van der Waals surface area (Å²) in [6.45, 7) is 1.24. The van der Waals surface area contributed by atoms with Crippen LogP contribution >= 0.6 is 0 Å². The number of rotatable bonds is 2. The van der Waals surface area contributed by atoms with Gasteiger partial charge in [-0.25, -0.2) is 5.06 Å². The predicted octanol–water partition coefficient (Wildman–Crippen LogP) is 0.850. The third-order valence-electron chi connectivity index (χ3n) is 2.42. The van der Waals surface area contributed by atoms with Crippen LogP contribution in [0.15, 0.2) is 30.3 Å². The highest BCUT2D eigenvalue weighted by atomic mass is 16.7. The number of benzene rings is 1. The van der Waals surface area contributed by atoms with Crippen LogP contribution in [0.5, 0.6) is 0 Å². The lowest BCUT2D eigenvalue weighted by atomic mass is 10.1. The molecule has 0 spiro atoms. The van der Waals surface area contributed by atoms with E-state index in [0.717, 1.165) is 12.0 Å². The Hall–Kier alpha value is -1.39. The Balaban J connectivity index is 2.07. The molecule has 2 N–H and O–H groups in total. The minimum Gasteiger partial charge on any atom is -0.316 e. The standard InChI is InChI=1S/C11H14N2O2/c12-10(9-5-2-1-3-6-9)11(14)13-7-4-8-15-13/h1-3,5-6,10H,4,7-8,12H2. The van der Waals surface area contributed by atoms with Gasteiger partial charge in [-0.15, -0.1) is 0 Å². The molecule has 1 amide bonds. The van der Waals surface area contributed by atoms with Gasteiger partial charge in [-0.2, -0.15) is 0 Å². The summed E-state index contributed by atoms with van der Waals surface area (Å²) in [4.78, 5) is 17.0. The summed E-state index contributed by atoms with van der Waals surface area (Å²) >= 11 is 0. The van der Waals surface area contributed by atoms with Crippen molar-refractivity contribution in [3.63, 3.8) is 0 Å². The highest BCUT2D eigenvalue weighted by Crippen LogP contribution is 2.15. The molecule has 1 unspecified atom stereocenters. The van der Waals surface area contributed by atoms with Crippen molar-refractivity contribution in [3.05, 3.63) is 35.9 Å². The molecule has 1 aromatic rings. The molecule has 2 rings (SSSR count). The lowest BCUT2D eigenvalue weighted by molar-refractivity contribution is -0.170. The van der Waals surface area contributed by atoms with Gasteiger partial charge in [0.25, 0.3) is 5.91 Å². The van der Waals surface area contributed by atoms with Gasteiger partial charge in [-0.05, 0) is 12.0 Å². The lowest BCUT2D eigenvalue weighted by Crippen LogP contribution is -2.35. The van der Waals surface area contributed by atoms with Gasteiger partial charge < -0.3 is 5.73 Å². The highest BCUT2D eigenvalue weighted by molar-refractivity contribution is 5.82. The minimum atomic E-state index is -0.621. The predicted molar refractivity (Wildman–Crippen MR) is 55.7 cm³/mol. The fourth-order valence-electron chi connectivity index (χ4n) is 1.58. The van der Waals surface area contributed by atoms with E-state index in [4.69, 9.17) is 10.6 Å². The van der Waals surface area contributed by atoms with Gasteiger partial charge in [0, 0.05) is 0 Å². The lowest BCUT2D eigenvalue weighted by Gasteiger charge is -2.18. The van der Waals surface area contributed by atoms with Crippen LogP contribution in [0.2, 0.25) is 0 Å². The Bertz CT molecular complexity index is 334. The minimum absolute atomic E-state index is 0.168. The number of nitrogens with zero attached hydrogens (tertiary/aromatic N) is 1. The molecule has 1 atom stereocenters. The van der Waals surface area contributed by atoms with E-state index in [0.29, 0.717) is 13.2 Å². The van der Waals surface area contributed by atoms with Crippen molar-refractivity contribution in [3.8, 4) is 0 Å². The third-order valence-corrected chi connectivity index (χ3v) is 2.42. The molecule has 0 radical (unpaired) electrons. The largest absolute Gasteiger partial charge is 0.316 e. The summed E-state index contributed by atoms with van der Waals surface area (Å²) in [5.74, 6) is -0.168. The Labute approximate surface area is 88.6 Å². The Morgan fingerprint density at radius 1 is 1.40 bits per heavy atom. The molecular weight excluding hydrogens is 192 g/mol. The number of hydrogen-bond donors (Lipinski definition) is 1. The fraction of sp³-hybridized carbons (Fsp3) is 0.364. The molecule has 1 aromatic carbocycles. The molecule has 0 aliphatic carbocycles. The van der Waals surface area contributed by atoms with Gasteiger partial charge in [0.15, 0.2) is 0 Å². The highest BCUT2D eigenvalue weighted by Gasteiger charge is 2.25. The van der Waals surface area contributed by atoms with Gasteiger partial charge in [-0.3, -0.25) is 9.63 Å². The Morgan fingerprint density at radius 2 is 2.13 bits per heavy atom. The molecule has 0 bridgehead atoms. The van der Waals surface area contributed by atoms with Gasteiger partial charge in [-0.1, -0.05) is 30.3 Å². The second-order valence-corrected chi connectivity index (χ2v) is 3.52. The molecule has 1 heterocycles. The van der Waals surface area contributed by atoms with E-state index in [1.54, 1.807) is 0 Å². The summed E-state index contributed by atoms with van der Waals surface area (Å²) in [6.07, 6.45) is 0.882. The van der Waals surface area contributed by atoms with E-state index in [1.807, 2.05) is 30.3 Å². The molecule has 80 valence electrons. The topological polar surface area (TPSA) is 55.6 Å². The number of hydrogen-bond acceptors (Lipinski definition) is 3. The molecule has 0 saturated carbocycles. The molecular formula is C11H14N2O2. The van der Waals surface area contributed by atoms with Crippen molar-refractivity contribution >= 4 is 5.91 Å². The molecule has 1 saturated heterocycles. The zero-order chi connectivity index (χ0) is 10.7. The van der Waals surface area contributed by atoms with E-state index >= 15 is 0 Å². The third kappa shape index (κ3) is 2.16. The maximum Gasteiger partial charge on any atom is 0.267 e. The molecule has 15 heavy (non-hydrogen) atoms. The first-order valence-corrected chi connectivity index (χ1v) is 5.04. The van der Waals surface area contributed by atoms with Crippen molar-refractivity contribution in [2.45, 2.75) is 12.5 Å². The maximum atomic E-state index is 11.8. The first-order valence-electron chi connectivity index (χ1n) is 5.04. The second-order valence-electron chi connectivity index (χ2n) is 3.52. The zero-order valence-corrected chi connectivity index (χ0v) is 8.43. The van der Waals surface area contributed by atoms with E-state index < -0.39 is 6.04 Å². The molecule has 4 nitrogen and oxygen atoms in total. The first kappa shape index (κ1) is 10.1. The van der Waals surface area contributed by atoms with E-state index in [9.17, 15) is 4.79 Å². The van der Waals surface area contributed by atoms with Crippen LogP contribution in [-0.2, 0) is 9.63 Å². The van der Waals surface area contributed by atoms with E-state index in [2.05, 4.69) is 0 Å². The van der Waals surface area contributed by atoms with Crippen molar-refractivity contribution in [1.29, 1.82) is 0 Å². The summed E-state index contributed by atoms with van der Waals surface area (Å²) in [5.41, 5.74) is 6.66. The van der Waals surface area contributed by atoms with Crippen molar-refractivity contribution in [2.24, 2.45) is 5.73 Å². The van der Waals surface area contributed by atoms with Crippen molar-refractivity contribution in [2.75, 3.05) is 13.2 Å². The van der Waals surface area contributed by atoms with Crippen LogP contribution in [-0.4, -0.2) is 24.1 Å². The number of carbonyl (C=O) groups excluding carboxylic acids is 1. The average molecular weight is 206 g/mol. The average Bonchev–Trinajstić information content (AvgIpc) is 2.82. The van der Waals surface area contributed by atoms with Crippen LogP contribution in [0.4, 0.5) is 0 Å². The zero-order valence-electron chi connectivity index (χ0n) is 8.43. The Kier molecular flexibility index (Phi) is 2.99. The number of amides is 1. The van der Waals surface area contributed by atoms with Crippen LogP contribution in [0.25, 0.3) is 0 Å². The SMILES string of the molecule is NC(C(=O)N1CCCO1)c1ccccc1. The molecule has 1 fully saturated rings. The second kappa shape index (κ2) is 4.42. The van der Waals surface area contributed by atoms with Gasteiger partial charge in [0.2, 0.25) is 0 Å².